The fraction of sp³-hybridized carbons (Fsp3) is 0. The predicted molar refractivity (Wildman–Crippen MR) is 536 cm³/mol. The zero-order valence-corrected chi connectivity index (χ0v) is 69.2. The molecule has 6 heterocycles. The Kier molecular flexibility index (Phi) is 17.1. The molecule has 0 spiro atoms. The molecule has 0 radical (unpaired) electrons. The van der Waals surface area contributed by atoms with Crippen LogP contribution in [0.25, 0.3) is 245 Å². The monoisotopic (exact) mass is 1620 g/mol. The van der Waals surface area contributed by atoms with Gasteiger partial charge in [0.1, 0.15) is 11.2 Å². The number of fused-ring (bicyclic) bond motifs is 27. The number of nitrogens with zero attached hydrogens (tertiary/aromatic N) is 3. The molecule has 0 aliphatic carbocycles. The Bertz CT molecular complexity index is 8830. The summed E-state index contributed by atoms with van der Waals surface area (Å²) in [6.45, 7) is 0. The van der Waals surface area contributed by atoms with Crippen molar-refractivity contribution in [1.29, 1.82) is 0 Å². The molecule has 0 unspecified atom stereocenters. The van der Waals surface area contributed by atoms with Crippen molar-refractivity contribution in [3.8, 4) is 66.8 Å². The fourth-order valence-electron chi connectivity index (χ4n) is 20.0. The third kappa shape index (κ3) is 11.8. The van der Waals surface area contributed by atoms with E-state index in [2.05, 4.69) is 468 Å². The molecule has 0 amide bonds. The molecule has 0 bridgehead atoms. The van der Waals surface area contributed by atoms with E-state index in [-0.39, 0.29) is 0 Å². The summed E-state index contributed by atoms with van der Waals surface area (Å²) in [5, 5.41) is 22.0. The van der Waals surface area contributed by atoms with Crippen molar-refractivity contribution in [2.45, 2.75) is 0 Å². The summed E-state index contributed by atoms with van der Waals surface area (Å²) in [7, 11) is 0. The standard InChI is InChI=1S/2C40H25NO.C40H25NS/c1-2-10-26(11-3-1)27-20-22-29(23-21-27)31-14-8-16-33-32-15-9-17-34-38-30-13-5-4-12-28(30)24-25-36(38)41(39(32)34)35-18-6-7-19-37(35)42-40(31)33;1-2-9-26(10-3-1)27-17-19-28(20-18-27)30-22-23-36-35(25-30)34-15-8-14-33-32-13-6-7-16-38(32)42-40-31-12-5-4-11-29(31)21-24-37(40)41(36)39(33)34;1-2-10-26(11-3-1)27-20-22-29(23-21-27)31-14-8-16-33-32-15-9-17-34-38-30-13-5-4-12-28(30)24-25-36(38)41(39(32)34)35-18-6-7-19-37(35)42-40(31)33/h3*1-25H. The fourth-order valence-corrected chi connectivity index (χ4v) is 21.2. The van der Waals surface area contributed by atoms with Crippen molar-refractivity contribution in [2.24, 2.45) is 0 Å². The normalized spacial score (nSPS) is 11.8. The first-order chi connectivity index (χ1) is 62.5. The zero-order valence-electron chi connectivity index (χ0n) is 68.4. The van der Waals surface area contributed by atoms with E-state index in [1.54, 1.807) is 0 Å². The van der Waals surface area contributed by atoms with Crippen LogP contribution in [0.4, 0.5) is 0 Å². The average Bonchev–Trinajstić information content (AvgIpc) is 1.56. The maximum Gasteiger partial charge on any atom is 0.159 e. The van der Waals surface area contributed by atoms with Crippen LogP contribution in [0.5, 0.6) is 0 Å². The van der Waals surface area contributed by atoms with Gasteiger partial charge >= 0.3 is 0 Å². The van der Waals surface area contributed by atoms with Gasteiger partial charge in [-0.25, -0.2) is 0 Å². The molecule has 0 fully saturated rings. The van der Waals surface area contributed by atoms with Gasteiger partial charge in [-0.2, -0.15) is 0 Å². The predicted octanol–water partition coefficient (Wildman–Crippen LogP) is 34.1. The smallest absolute Gasteiger partial charge is 0.159 e. The van der Waals surface area contributed by atoms with Crippen LogP contribution in [-0.4, -0.2) is 13.2 Å². The van der Waals surface area contributed by atoms with E-state index in [0.717, 1.165) is 66.0 Å². The van der Waals surface area contributed by atoms with Gasteiger partial charge in [-0.3, -0.25) is 0 Å². The van der Waals surface area contributed by atoms with Crippen molar-refractivity contribution >= 4 is 190 Å². The Morgan fingerprint density at radius 3 is 1.11 bits per heavy atom. The molecule has 0 saturated heterocycles. The topological polar surface area (TPSA) is 39.5 Å². The Hall–Kier alpha value is -16.4. The Balaban J connectivity index is 0.000000103. The third-order valence-electron chi connectivity index (χ3n) is 25.8. The van der Waals surface area contributed by atoms with Gasteiger partial charge in [0.05, 0.1) is 54.4 Å². The minimum Gasteiger partial charge on any atom is -0.454 e. The molecule has 6 heteroatoms. The van der Waals surface area contributed by atoms with Crippen LogP contribution in [0.1, 0.15) is 0 Å². The van der Waals surface area contributed by atoms with E-state index < -0.39 is 0 Å². The van der Waals surface area contributed by atoms with E-state index in [4.69, 9.17) is 8.83 Å². The van der Waals surface area contributed by atoms with Crippen molar-refractivity contribution in [1.82, 2.24) is 13.2 Å². The summed E-state index contributed by atoms with van der Waals surface area (Å²) in [6, 6.07) is 164. The molecule has 126 heavy (non-hydrogen) atoms. The number of hydrogen-bond donors (Lipinski definition) is 0. The Morgan fingerprint density at radius 1 is 0.175 bits per heavy atom. The zero-order chi connectivity index (χ0) is 82.9. The summed E-state index contributed by atoms with van der Waals surface area (Å²) in [5.41, 5.74) is 28.5. The van der Waals surface area contributed by atoms with Crippen LogP contribution < -0.4 is 0 Å². The van der Waals surface area contributed by atoms with Gasteiger partial charge in [-0.1, -0.05) is 394 Å². The van der Waals surface area contributed by atoms with Crippen LogP contribution in [0.15, 0.2) is 464 Å². The van der Waals surface area contributed by atoms with Crippen molar-refractivity contribution in [3.05, 3.63) is 455 Å². The van der Waals surface area contributed by atoms with E-state index in [0.29, 0.717) is 0 Å². The highest BCUT2D eigenvalue weighted by Gasteiger charge is 2.23. The molecule has 0 atom stereocenters. The Labute approximate surface area is 728 Å². The first kappa shape index (κ1) is 72.4. The molecular formula is C120H75N3O2S. The van der Waals surface area contributed by atoms with E-state index >= 15 is 0 Å². The van der Waals surface area contributed by atoms with Gasteiger partial charge in [-0.05, 0) is 149 Å². The number of aromatic nitrogens is 3. The van der Waals surface area contributed by atoms with Gasteiger partial charge in [-0.15, -0.1) is 11.3 Å². The van der Waals surface area contributed by atoms with Gasteiger partial charge in [0.25, 0.3) is 0 Å². The second-order valence-corrected chi connectivity index (χ2v) is 33.8. The molecule has 588 valence electrons. The molecule has 0 saturated carbocycles. The largest absolute Gasteiger partial charge is 0.454 e. The molecule has 0 aliphatic heterocycles. The van der Waals surface area contributed by atoms with Crippen LogP contribution >= 0.6 is 11.3 Å². The van der Waals surface area contributed by atoms with E-state index in [9.17, 15) is 0 Å². The number of benzene rings is 21. The first-order valence-corrected chi connectivity index (χ1v) is 43.9. The highest BCUT2D eigenvalue weighted by Crippen LogP contribution is 2.47. The van der Waals surface area contributed by atoms with Crippen molar-refractivity contribution < 1.29 is 8.83 Å². The summed E-state index contributed by atoms with van der Waals surface area (Å²) in [5.74, 6) is 0. The summed E-state index contributed by atoms with van der Waals surface area (Å²) >= 11 is 1.88. The SMILES string of the molecule is c1ccc(-c2ccc(-c3ccc4c(c3)c3cccc5c6ccccc6oc6c7ccccc7ccc6n4c53)cc2)cc1.c1ccc(-c2ccc(-c3cccc4c3oc3ccccc3n3c5ccc6ccccc6c5c5cccc4c53)cc2)cc1.c1ccc(-c2ccc(-c3cccc4c3sc3ccccc3n3c5ccc6ccccc6c5c5cccc4c53)cc2)cc1. The third-order valence-corrected chi connectivity index (χ3v) is 27.0. The lowest BCUT2D eigenvalue weighted by molar-refractivity contribution is 0.662. The quantitative estimate of drug-likeness (QED) is 0.166. The van der Waals surface area contributed by atoms with Gasteiger partial charge in [0.2, 0.25) is 0 Å². The molecule has 0 N–H and O–H groups in total. The molecule has 27 aromatic rings. The average molecular weight is 1620 g/mol. The van der Waals surface area contributed by atoms with Crippen LogP contribution in [-0.2, 0) is 0 Å². The lowest BCUT2D eigenvalue weighted by Gasteiger charge is -2.11. The molecule has 27 rings (SSSR count). The highest BCUT2D eigenvalue weighted by atomic mass is 32.1. The molecule has 6 aromatic heterocycles. The van der Waals surface area contributed by atoms with Gasteiger partial charge in [0, 0.05) is 80.3 Å². The van der Waals surface area contributed by atoms with Gasteiger partial charge < -0.3 is 22.0 Å². The van der Waals surface area contributed by atoms with Crippen LogP contribution in [0.2, 0.25) is 0 Å². The van der Waals surface area contributed by atoms with Gasteiger partial charge in [0.15, 0.2) is 11.2 Å². The number of hydrogen-bond acceptors (Lipinski definition) is 3. The highest BCUT2D eigenvalue weighted by molar-refractivity contribution is 7.24. The molecular weight excluding hydrogens is 1550 g/mol. The summed E-state index contributed by atoms with van der Waals surface area (Å²) in [6.07, 6.45) is 0. The molecule has 5 nitrogen and oxygen atoms in total. The molecule has 0 aliphatic rings. The lowest BCUT2D eigenvalue weighted by Crippen LogP contribution is -1.89. The maximum absolute atomic E-state index is 6.96. The summed E-state index contributed by atoms with van der Waals surface area (Å²) < 4.78 is 23.6. The minimum absolute atomic E-state index is 0.841. The van der Waals surface area contributed by atoms with Crippen molar-refractivity contribution in [2.75, 3.05) is 0 Å². The number of rotatable bonds is 6. The second-order valence-electron chi connectivity index (χ2n) is 32.8. The lowest BCUT2D eigenvalue weighted by atomic mass is 9.98. The molecule has 21 aromatic carbocycles. The van der Waals surface area contributed by atoms with E-state index in [1.165, 1.54) is 179 Å². The first-order valence-electron chi connectivity index (χ1n) is 43.1. The van der Waals surface area contributed by atoms with Crippen LogP contribution in [0.3, 0.4) is 0 Å². The maximum atomic E-state index is 6.96. The van der Waals surface area contributed by atoms with E-state index in [1.807, 2.05) is 11.3 Å². The van der Waals surface area contributed by atoms with Crippen LogP contribution in [0, 0.1) is 0 Å². The minimum atomic E-state index is 0.841. The second kappa shape index (κ2) is 29.8. The Morgan fingerprint density at radius 2 is 0.524 bits per heavy atom. The van der Waals surface area contributed by atoms with Crippen molar-refractivity contribution in [3.63, 3.8) is 0 Å². The summed E-state index contributed by atoms with van der Waals surface area (Å²) in [4.78, 5) is 0. The number of para-hydroxylation sites is 8.